The average molecular weight is 378 g/mol. The third-order valence-electron chi connectivity index (χ3n) is 2.19. The summed E-state index contributed by atoms with van der Waals surface area (Å²) < 4.78 is 14.4. The topological polar surface area (TPSA) is 17.1 Å². The van der Waals surface area contributed by atoms with Crippen LogP contribution in [0.15, 0.2) is 38.6 Å². The molecule has 1 aromatic carbocycles. The fourth-order valence-electron chi connectivity index (χ4n) is 1.42. The van der Waals surface area contributed by atoms with Crippen molar-refractivity contribution in [1.29, 1.82) is 0 Å². The predicted octanol–water partition coefficient (Wildman–Crippen LogP) is 4.84. The van der Waals surface area contributed by atoms with Gasteiger partial charge in [-0.25, -0.2) is 4.39 Å². The van der Waals surface area contributed by atoms with Crippen molar-refractivity contribution >= 4 is 49.0 Å². The van der Waals surface area contributed by atoms with E-state index in [2.05, 4.69) is 31.9 Å². The first-order valence-corrected chi connectivity index (χ1v) is 7.24. The second kappa shape index (κ2) is 5.42. The van der Waals surface area contributed by atoms with Gasteiger partial charge in [-0.05, 0) is 56.1 Å². The van der Waals surface area contributed by atoms with E-state index in [0.29, 0.717) is 16.5 Å². The molecule has 0 saturated carbocycles. The van der Waals surface area contributed by atoms with Crippen LogP contribution in [0.1, 0.15) is 15.2 Å². The Morgan fingerprint density at radius 3 is 2.65 bits per heavy atom. The normalized spacial score (nSPS) is 10.5. The minimum atomic E-state index is -0.354. The Morgan fingerprint density at radius 1 is 1.29 bits per heavy atom. The van der Waals surface area contributed by atoms with Gasteiger partial charge in [0.25, 0.3) is 0 Å². The highest BCUT2D eigenvalue weighted by Gasteiger charge is 2.12. The molecule has 2 rings (SSSR count). The highest BCUT2D eigenvalue weighted by Crippen LogP contribution is 2.24. The van der Waals surface area contributed by atoms with Crippen LogP contribution in [0.5, 0.6) is 0 Å². The van der Waals surface area contributed by atoms with E-state index in [-0.39, 0.29) is 11.6 Å². The number of ketones is 1. The van der Waals surface area contributed by atoms with Gasteiger partial charge in [0.2, 0.25) is 0 Å². The lowest BCUT2D eigenvalue weighted by Crippen LogP contribution is -2.03. The van der Waals surface area contributed by atoms with E-state index in [1.54, 1.807) is 0 Å². The molecule has 17 heavy (non-hydrogen) atoms. The molecular weight excluding hydrogens is 371 g/mol. The molecule has 0 aliphatic rings. The molecule has 0 fully saturated rings. The fraction of sp³-hybridized carbons (Fsp3) is 0.0833. The van der Waals surface area contributed by atoms with Gasteiger partial charge >= 0.3 is 0 Å². The third kappa shape index (κ3) is 3.24. The van der Waals surface area contributed by atoms with E-state index in [9.17, 15) is 9.18 Å². The molecule has 5 heteroatoms. The van der Waals surface area contributed by atoms with E-state index in [1.807, 2.05) is 11.4 Å². The number of hydrogen-bond donors (Lipinski definition) is 0. The van der Waals surface area contributed by atoms with Gasteiger partial charge < -0.3 is 0 Å². The van der Waals surface area contributed by atoms with Gasteiger partial charge in [0.05, 0.1) is 0 Å². The molecule has 0 unspecified atom stereocenters. The van der Waals surface area contributed by atoms with Crippen LogP contribution in [0.3, 0.4) is 0 Å². The van der Waals surface area contributed by atoms with Gasteiger partial charge in [0.15, 0.2) is 5.78 Å². The molecule has 1 aromatic heterocycles. The van der Waals surface area contributed by atoms with Gasteiger partial charge in [0.1, 0.15) is 5.82 Å². The summed E-state index contributed by atoms with van der Waals surface area (Å²) in [6.07, 6.45) is 0.334. The molecule has 0 aliphatic carbocycles. The van der Waals surface area contributed by atoms with Gasteiger partial charge in [-0.1, -0.05) is 0 Å². The molecule has 0 spiro atoms. The molecule has 88 valence electrons. The van der Waals surface area contributed by atoms with E-state index in [1.165, 1.54) is 29.5 Å². The lowest BCUT2D eigenvalue weighted by Gasteiger charge is -2.02. The first kappa shape index (κ1) is 12.9. The van der Waals surface area contributed by atoms with E-state index in [4.69, 9.17) is 0 Å². The summed E-state index contributed by atoms with van der Waals surface area (Å²) in [5.41, 5.74) is 0.510. The van der Waals surface area contributed by atoms with Crippen LogP contribution in [0, 0.1) is 5.82 Å². The van der Waals surface area contributed by atoms with Crippen molar-refractivity contribution in [3.8, 4) is 0 Å². The van der Waals surface area contributed by atoms with Crippen LogP contribution >= 0.6 is 43.2 Å². The zero-order valence-electron chi connectivity index (χ0n) is 8.54. The minimum Gasteiger partial charge on any atom is -0.294 e. The Morgan fingerprint density at radius 2 is 2.06 bits per heavy atom. The largest absolute Gasteiger partial charge is 0.294 e. The summed E-state index contributed by atoms with van der Waals surface area (Å²) in [4.78, 5) is 13.0. The number of carbonyl (C=O) groups excluding carboxylic acids is 1. The molecule has 0 saturated heterocycles. The predicted molar refractivity (Wildman–Crippen MR) is 74.2 cm³/mol. The average Bonchev–Trinajstić information content (AvgIpc) is 2.63. The number of rotatable bonds is 3. The first-order chi connectivity index (χ1) is 8.06. The first-order valence-electron chi connectivity index (χ1n) is 4.77. The van der Waals surface area contributed by atoms with Crippen LogP contribution in [-0.4, -0.2) is 5.78 Å². The Balaban J connectivity index is 2.20. The molecule has 0 N–H and O–H groups in total. The molecule has 2 aromatic rings. The third-order valence-corrected chi connectivity index (χ3v) is 4.54. The Labute approximate surface area is 119 Å². The van der Waals surface area contributed by atoms with Gasteiger partial charge in [-0.15, -0.1) is 11.3 Å². The van der Waals surface area contributed by atoms with Gasteiger partial charge in [0, 0.05) is 31.2 Å². The van der Waals surface area contributed by atoms with Crippen molar-refractivity contribution in [2.24, 2.45) is 0 Å². The molecule has 1 nitrogen and oxygen atoms in total. The van der Waals surface area contributed by atoms with Crippen molar-refractivity contribution in [3.63, 3.8) is 0 Å². The van der Waals surface area contributed by atoms with E-state index >= 15 is 0 Å². The number of carbonyl (C=O) groups is 1. The summed E-state index contributed by atoms with van der Waals surface area (Å²) in [7, 11) is 0. The lowest BCUT2D eigenvalue weighted by molar-refractivity contribution is 0.0993. The maximum atomic E-state index is 12.9. The van der Waals surface area contributed by atoms with Crippen LogP contribution in [0.4, 0.5) is 4.39 Å². The maximum absolute atomic E-state index is 12.9. The van der Waals surface area contributed by atoms with Crippen molar-refractivity contribution in [2.45, 2.75) is 6.42 Å². The lowest BCUT2D eigenvalue weighted by atomic mass is 10.1. The van der Waals surface area contributed by atoms with E-state index in [0.717, 1.165) is 9.35 Å². The quantitative estimate of drug-likeness (QED) is 0.699. The molecular formula is C12H7Br2FOS. The molecule has 0 radical (unpaired) electrons. The number of halogens is 3. The summed E-state index contributed by atoms with van der Waals surface area (Å²) in [6.45, 7) is 0. The SMILES string of the molecule is O=C(Cc1cc(Br)cs1)c1ccc(F)cc1Br. The number of thiophene rings is 1. The monoisotopic (exact) mass is 376 g/mol. The summed E-state index contributed by atoms with van der Waals surface area (Å²) in [5.74, 6) is -0.376. The zero-order valence-corrected chi connectivity index (χ0v) is 12.5. The van der Waals surface area contributed by atoms with Crippen LogP contribution in [0.2, 0.25) is 0 Å². The zero-order chi connectivity index (χ0) is 12.4. The van der Waals surface area contributed by atoms with Crippen molar-refractivity contribution < 1.29 is 9.18 Å². The molecule has 1 heterocycles. The Kier molecular flexibility index (Phi) is 4.12. The Hall–Kier alpha value is -0.520. The number of hydrogen-bond acceptors (Lipinski definition) is 2. The number of benzene rings is 1. The molecule has 0 aliphatic heterocycles. The molecule has 0 bridgehead atoms. The molecule has 0 atom stereocenters. The second-order valence-corrected chi connectivity index (χ2v) is 6.22. The van der Waals surface area contributed by atoms with Crippen molar-refractivity contribution in [3.05, 3.63) is 54.8 Å². The summed E-state index contributed by atoms with van der Waals surface area (Å²) >= 11 is 8.07. The summed E-state index contributed by atoms with van der Waals surface area (Å²) in [6, 6.07) is 6.02. The van der Waals surface area contributed by atoms with E-state index < -0.39 is 0 Å². The van der Waals surface area contributed by atoms with Crippen LogP contribution in [-0.2, 0) is 6.42 Å². The van der Waals surface area contributed by atoms with Crippen LogP contribution in [0.25, 0.3) is 0 Å². The van der Waals surface area contributed by atoms with Gasteiger partial charge in [-0.2, -0.15) is 0 Å². The highest BCUT2D eigenvalue weighted by molar-refractivity contribution is 9.10. The molecule has 0 amide bonds. The minimum absolute atomic E-state index is 0.0220. The fourth-order valence-corrected chi connectivity index (χ4v) is 3.44. The number of Topliss-reactive ketones (excluding diaryl/α,β-unsaturated/α-hetero) is 1. The highest BCUT2D eigenvalue weighted by atomic mass is 79.9. The second-order valence-electron chi connectivity index (χ2n) is 3.46. The van der Waals surface area contributed by atoms with Crippen LogP contribution < -0.4 is 0 Å². The van der Waals surface area contributed by atoms with Crippen molar-refractivity contribution in [2.75, 3.05) is 0 Å². The van der Waals surface area contributed by atoms with Gasteiger partial charge in [-0.3, -0.25) is 4.79 Å². The smallest absolute Gasteiger partial charge is 0.169 e. The Bertz CT molecular complexity index is 565. The standard InChI is InChI=1S/C12H7Br2FOS/c13-7-3-9(17-6-7)5-12(16)10-2-1-8(15)4-11(10)14/h1-4,6H,5H2. The van der Waals surface area contributed by atoms with Crippen molar-refractivity contribution in [1.82, 2.24) is 0 Å². The summed E-state index contributed by atoms with van der Waals surface area (Å²) in [5, 5.41) is 1.93. The maximum Gasteiger partial charge on any atom is 0.169 e.